The van der Waals surface area contributed by atoms with Crippen LogP contribution in [0.1, 0.15) is 17.9 Å². The Morgan fingerprint density at radius 2 is 2.29 bits per heavy atom. The van der Waals surface area contributed by atoms with E-state index in [1.807, 2.05) is 0 Å². The van der Waals surface area contributed by atoms with Crippen LogP contribution in [-0.2, 0) is 16.1 Å². The van der Waals surface area contributed by atoms with Gasteiger partial charge in [-0.3, -0.25) is 9.59 Å². The molecular weight excluding hydrogens is 224 g/mol. The number of carbonyl (C=O) groups excluding carboxylic acids is 1. The average Bonchev–Trinajstić information content (AvgIpc) is 2.25. The van der Waals surface area contributed by atoms with Crippen LogP contribution in [0.15, 0.2) is 12.3 Å². The van der Waals surface area contributed by atoms with E-state index in [-0.39, 0.29) is 6.54 Å². The highest BCUT2D eigenvalue weighted by Gasteiger charge is 2.16. The number of carbonyl (C=O) groups is 2. The van der Waals surface area contributed by atoms with Crippen molar-refractivity contribution < 1.29 is 14.7 Å². The molecule has 1 heterocycles. The fraction of sp³-hybridized carbons (Fsp3) is 0.400. The second-order valence-corrected chi connectivity index (χ2v) is 3.52. The van der Waals surface area contributed by atoms with E-state index in [2.05, 4.69) is 15.3 Å². The van der Waals surface area contributed by atoms with Crippen molar-refractivity contribution >= 4 is 11.9 Å². The van der Waals surface area contributed by atoms with Gasteiger partial charge < -0.3 is 16.2 Å². The van der Waals surface area contributed by atoms with E-state index >= 15 is 0 Å². The van der Waals surface area contributed by atoms with E-state index in [1.165, 1.54) is 0 Å². The molecule has 0 aromatic carbocycles. The summed E-state index contributed by atoms with van der Waals surface area (Å²) in [4.78, 5) is 29.7. The number of nitrogens with one attached hydrogen (secondary N) is 1. The van der Waals surface area contributed by atoms with E-state index in [0.717, 1.165) is 0 Å². The largest absolute Gasteiger partial charge is 0.481 e. The fourth-order valence-corrected chi connectivity index (χ4v) is 1.19. The van der Waals surface area contributed by atoms with E-state index in [1.54, 1.807) is 19.2 Å². The molecule has 1 atom stereocenters. The Morgan fingerprint density at radius 1 is 1.59 bits per heavy atom. The first kappa shape index (κ1) is 13.0. The Bertz CT molecular complexity index is 422. The van der Waals surface area contributed by atoms with Gasteiger partial charge in [0, 0.05) is 6.20 Å². The monoisotopic (exact) mass is 238 g/mol. The van der Waals surface area contributed by atoms with Crippen LogP contribution in [-0.4, -0.2) is 33.0 Å². The molecule has 0 aliphatic heterocycles. The lowest BCUT2D eigenvalue weighted by molar-refractivity contribution is -0.139. The molecule has 0 bridgehead atoms. The van der Waals surface area contributed by atoms with Crippen molar-refractivity contribution in [3.63, 3.8) is 0 Å². The predicted molar refractivity (Wildman–Crippen MR) is 58.8 cm³/mol. The number of rotatable bonds is 5. The van der Waals surface area contributed by atoms with Crippen molar-refractivity contribution in [3.8, 4) is 0 Å². The zero-order valence-corrected chi connectivity index (χ0v) is 9.38. The van der Waals surface area contributed by atoms with E-state index in [4.69, 9.17) is 10.8 Å². The van der Waals surface area contributed by atoms with Gasteiger partial charge >= 0.3 is 5.97 Å². The highest BCUT2D eigenvalue weighted by Crippen LogP contribution is 1.95. The molecule has 0 fully saturated rings. The second kappa shape index (κ2) is 5.90. The van der Waals surface area contributed by atoms with Crippen molar-refractivity contribution in [1.82, 2.24) is 15.3 Å². The van der Waals surface area contributed by atoms with Gasteiger partial charge in [-0.1, -0.05) is 0 Å². The first-order valence-corrected chi connectivity index (χ1v) is 5.02. The highest BCUT2D eigenvalue weighted by atomic mass is 16.4. The highest BCUT2D eigenvalue weighted by molar-refractivity contribution is 5.85. The number of nitrogens with two attached hydrogens (primary N) is 1. The summed E-state index contributed by atoms with van der Waals surface area (Å²) in [6, 6.07) is 0.617. The summed E-state index contributed by atoms with van der Waals surface area (Å²) in [7, 11) is 0. The second-order valence-electron chi connectivity index (χ2n) is 3.52. The Morgan fingerprint density at radius 3 is 2.88 bits per heavy atom. The first-order valence-electron chi connectivity index (χ1n) is 5.02. The Balaban J connectivity index is 2.45. The third kappa shape index (κ3) is 4.56. The van der Waals surface area contributed by atoms with Crippen LogP contribution in [0, 0.1) is 6.92 Å². The van der Waals surface area contributed by atoms with Crippen molar-refractivity contribution in [2.24, 2.45) is 5.73 Å². The van der Waals surface area contributed by atoms with Gasteiger partial charge in [0.25, 0.3) is 0 Å². The molecule has 1 rings (SSSR count). The van der Waals surface area contributed by atoms with E-state index in [9.17, 15) is 9.59 Å². The lowest BCUT2D eigenvalue weighted by Crippen LogP contribution is -2.41. The summed E-state index contributed by atoms with van der Waals surface area (Å²) in [5, 5.41) is 11.0. The number of carboxylic acids is 1. The average molecular weight is 238 g/mol. The molecule has 0 saturated heterocycles. The van der Waals surface area contributed by atoms with Gasteiger partial charge in [0.05, 0.1) is 24.7 Å². The molecule has 0 radical (unpaired) electrons. The third-order valence-corrected chi connectivity index (χ3v) is 2.01. The maximum atomic E-state index is 11.4. The van der Waals surface area contributed by atoms with Gasteiger partial charge in [-0.25, -0.2) is 9.97 Å². The van der Waals surface area contributed by atoms with Crippen molar-refractivity contribution in [3.05, 3.63) is 23.8 Å². The Labute approximate surface area is 98.1 Å². The number of hydrogen-bond acceptors (Lipinski definition) is 5. The minimum Gasteiger partial charge on any atom is -0.481 e. The Hall–Kier alpha value is -2.02. The van der Waals surface area contributed by atoms with Crippen molar-refractivity contribution in [2.45, 2.75) is 25.9 Å². The summed E-state index contributed by atoms with van der Waals surface area (Å²) < 4.78 is 0. The van der Waals surface area contributed by atoms with Crippen LogP contribution in [0.3, 0.4) is 0 Å². The molecule has 4 N–H and O–H groups in total. The summed E-state index contributed by atoms with van der Waals surface area (Å²) in [5.74, 6) is -1.01. The summed E-state index contributed by atoms with van der Waals surface area (Å²) >= 11 is 0. The molecule has 1 aromatic heterocycles. The maximum Gasteiger partial charge on any atom is 0.305 e. The number of aromatic nitrogens is 2. The van der Waals surface area contributed by atoms with Crippen LogP contribution in [0.2, 0.25) is 0 Å². The summed E-state index contributed by atoms with van der Waals surface area (Å²) in [6.45, 7) is 1.94. The van der Waals surface area contributed by atoms with Gasteiger partial charge in [-0.2, -0.15) is 0 Å². The van der Waals surface area contributed by atoms with Crippen molar-refractivity contribution in [2.75, 3.05) is 0 Å². The molecule has 1 amide bonds. The molecule has 92 valence electrons. The molecule has 0 saturated carbocycles. The molecule has 7 heteroatoms. The molecule has 0 aliphatic rings. The van der Waals surface area contributed by atoms with Gasteiger partial charge in [0.15, 0.2) is 0 Å². The van der Waals surface area contributed by atoms with Gasteiger partial charge in [-0.15, -0.1) is 0 Å². The van der Waals surface area contributed by atoms with Gasteiger partial charge in [-0.05, 0) is 13.0 Å². The van der Waals surface area contributed by atoms with Crippen LogP contribution in [0.5, 0.6) is 0 Å². The lowest BCUT2D eigenvalue weighted by atomic mass is 10.2. The molecule has 1 unspecified atom stereocenters. The normalized spacial score (nSPS) is 11.9. The predicted octanol–water partition coefficient (Wildman–Crippen LogP) is -0.797. The number of amides is 1. The van der Waals surface area contributed by atoms with Crippen LogP contribution in [0.4, 0.5) is 0 Å². The zero-order chi connectivity index (χ0) is 12.8. The Kier molecular flexibility index (Phi) is 4.53. The minimum absolute atomic E-state index is 0.204. The fourth-order valence-electron chi connectivity index (χ4n) is 1.19. The number of nitrogens with zero attached hydrogens (tertiary/aromatic N) is 2. The number of aryl methyl sites for hydroxylation is 1. The number of carboxylic acid groups (broad SMARTS) is 1. The molecule has 17 heavy (non-hydrogen) atoms. The van der Waals surface area contributed by atoms with Crippen molar-refractivity contribution in [1.29, 1.82) is 0 Å². The SMILES string of the molecule is Cc1nccc(CNC(=O)C(N)CC(=O)O)n1. The molecule has 0 aliphatic carbocycles. The van der Waals surface area contributed by atoms with Gasteiger partial charge in [0.2, 0.25) is 5.91 Å². The van der Waals surface area contributed by atoms with E-state index < -0.39 is 24.3 Å². The van der Waals surface area contributed by atoms with Gasteiger partial charge in [0.1, 0.15) is 5.82 Å². The van der Waals surface area contributed by atoms with Crippen LogP contribution < -0.4 is 11.1 Å². The number of aliphatic carboxylic acids is 1. The number of hydrogen-bond donors (Lipinski definition) is 3. The molecule has 7 nitrogen and oxygen atoms in total. The molecule has 0 spiro atoms. The van der Waals surface area contributed by atoms with Crippen LogP contribution >= 0.6 is 0 Å². The van der Waals surface area contributed by atoms with E-state index in [0.29, 0.717) is 11.5 Å². The topological polar surface area (TPSA) is 118 Å². The zero-order valence-electron chi connectivity index (χ0n) is 9.38. The minimum atomic E-state index is -1.11. The quantitative estimate of drug-likeness (QED) is 0.618. The first-order chi connectivity index (χ1) is 7.99. The van der Waals surface area contributed by atoms with Crippen LogP contribution in [0.25, 0.3) is 0 Å². The molecule has 1 aromatic rings. The maximum absolute atomic E-state index is 11.4. The molecular formula is C10H14N4O3. The standard InChI is InChI=1S/C10H14N4O3/c1-6-12-3-2-7(14-6)5-13-10(17)8(11)4-9(15)16/h2-3,8H,4-5,11H2,1H3,(H,13,17)(H,15,16). The third-order valence-electron chi connectivity index (χ3n) is 2.01. The lowest BCUT2D eigenvalue weighted by Gasteiger charge is -2.09. The summed E-state index contributed by atoms with van der Waals surface area (Å²) in [6.07, 6.45) is 1.19. The summed E-state index contributed by atoms with van der Waals surface area (Å²) in [5.41, 5.74) is 6.03. The smallest absolute Gasteiger partial charge is 0.305 e.